The minimum absolute atomic E-state index is 1.15. The van der Waals surface area contributed by atoms with Crippen LogP contribution in [-0.4, -0.2) is 4.57 Å². The van der Waals surface area contributed by atoms with Crippen LogP contribution in [0, 0.1) is 0 Å². The van der Waals surface area contributed by atoms with Gasteiger partial charge in [0, 0.05) is 22.0 Å². The molecule has 0 aliphatic carbocycles. The van der Waals surface area contributed by atoms with Gasteiger partial charge in [-0.2, -0.15) is 0 Å². The molecule has 0 amide bonds. The Hall–Kier alpha value is -6.44. The lowest BCUT2D eigenvalue weighted by Crippen LogP contribution is -1.95. The quantitative estimate of drug-likeness (QED) is 0.174. The summed E-state index contributed by atoms with van der Waals surface area (Å²) in [5.41, 5.74) is 15.6. The Bertz CT molecular complexity index is 2490. The Morgan fingerprint density at radius 3 is 1.18 bits per heavy atom. The average molecular weight is 624 g/mol. The summed E-state index contributed by atoms with van der Waals surface area (Å²) in [6.45, 7) is 0. The van der Waals surface area contributed by atoms with Gasteiger partial charge in [0.15, 0.2) is 0 Å². The third-order valence-corrected chi connectivity index (χ3v) is 9.55. The molecule has 0 fully saturated rings. The zero-order valence-corrected chi connectivity index (χ0v) is 27.0. The van der Waals surface area contributed by atoms with Crippen molar-refractivity contribution in [2.45, 2.75) is 0 Å². The first-order valence-electron chi connectivity index (χ1n) is 16.8. The van der Waals surface area contributed by atoms with Gasteiger partial charge in [-0.3, -0.25) is 0 Å². The molecule has 0 aliphatic heterocycles. The van der Waals surface area contributed by atoms with E-state index in [0.29, 0.717) is 0 Å². The molecule has 8 aromatic carbocycles. The molecule has 0 aliphatic rings. The number of para-hydroxylation sites is 1. The van der Waals surface area contributed by atoms with E-state index in [9.17, 15) is 0 Å². The maximum atomic E-state index is 2.45. The predicted molar refractivity (Wildman–Crippen MR) is 208 cm³/mol. The Morgan fingerprint density at radius 2 is 0.673 bits per heavy atom. The van der Waals surface area contributed by atoms with Crippen LogP contribution < -0.4 is 0 Å². The Morgan fingerprint density at radius 1 is 0.265 bits per heavy atom. The molecule has 49 heavy (non-hydrogen) atoms. The van der Waals surface area contributed by atoms with Crippen LogP contribution in [-0.2, 0) is 0 Å². The van der Waals surface area contributed by atoms with E-state index < -0.39 is 0 Å². The van der Waals surface area contributed by atoms with Gasteiger partial charge in [-0.1, -0.05) is 146 Å². The molecular weight excluding hydrogens is 591 g/mol. The van der Waals surface area contributed by atoms with E-state index in [4.69, 9.17) is 0 Å². The van der Waals surface area contributed by atoms with Crippen molar-refractivity contribution >= 4 is 21.8 Å². The van der Waals surface area contributed by atoms with Crippen LogP contribution in [0.3, 0.4) is 0 Å². The van der Waals surface area contributed by atoms with Crippen molar-refractivity contribution in [2.24, 2.45) is 0 Å². The number of nitrogens with zero attached hydrogens (tertiary/aromatic N) is 1. The van der Waals surface area contributed by atoms with Gasteiger partial charge in [-0.05, 0) is 105 Å². The van der Waals surface area contributed by atoms with Gasteiger partial charge in [0.05, 0.1) is 11.0 Å². The fourth-order valence-electron chi connectivity index (χ4n) is 7.20. The van der Waals surface area contributed by atoms with Gasteiger partial charge in [-0.15, -0.1) is 0 Å². The normalized spacial score (nSPS) is 11.3. The van der Waals surface area contributed by atoms with Crippen LogP contribution in [0.4, 0.5) is 0 Å². The van der Waals surface area contributed by atoms with Crippen molar-refractivity contribution < 1.29 is 0 Å². The number of rotatable bonds is 6. The largest absolute Gasteiger partial charge is 0.309 e. The van der Waals surface area contributed by atoms with Crippen LogP contribution in [0.5, 0.6) is 0 Å². The molecule has 0 N–H and O–H groups in total. The fourth-order valence-corrected chi connectivity index (χ4v) is 7.20. The van der Waals surface area contributed by atoms with E-state index in [1.54, 1.807) is 0 Å². The molecule has 0 spiro atoms. The summed E-state index contributed by atoms with van der Waals surface area (Å²) in [7, 11) is 0. The van der Waals surface area contributed by atoms with E-state index >= 15 is 0 Å². The van der Waals surface area contributed by atoms with Crippen LogP contribution >= 0.6 is 0 Å². The maximum absolute atomic E-state index is 2.45. The Balaban J connectivity index is 1.35. The van der Waals surface area contributed by atoms with Gasteiger partial charge in [0.25, 0.3) is 0 Å². The number of fused-ring (bicyclic) bond motifs is 3. The second-order valence-corrected chi connectivity index (χ2v) is 12.6. The van der Waals surface area contributed by atoms with Crippen LogP contribution in [0.2, 0.25) is 0 Å². The van der Waals surface area contributed by atoms with Crippen LogP contribution in [0.25, 0.3) is 83.1 Å². The van der Waals surface area contributed by atoms with Gasteiger partial charge in [0.1, 0.15) is 0 Å². The summed E-state index contributed by atoms with van der Waals surface area (Å²) in [6, 6.07) is 72.4. The van der Waals surface area contributed by atoms with Crippen LogP contribution in [0.15, 0.2) is 200 Å². The second kappa shape index (κ2) is 12.3. The predicted octanol–water partition coefficient (Wildman–Crippen LogP) is 13.1. The minimum Gasteiger partial charge on any atom is -0.309 e. The third-order valence-electron chi connectivity index (χ3n) is 9.55. The average Bonchev–Trinajstić information content (AvgIpc) is 3.53. The van der Waals surface area contributed by atoms with Gasteiger partial charge < -0.3 is 4.57 Å². The molecule has 1 heterocycles. The Kier molecular flexibility index (Phi) is 7.22. The second-order valence-electron chi connectivity index (χ2n) is 12.6. The third kappa shape index (κ3) is 5.32. The van der Waals surface area contributed by atoms with Gasteiger partial charge in [0.2, 0.25) is 0 Å². The van der Waals surface area contributed by atoms with Crippen molar-refractivity contribution in [3.8, 4) is 61.3 Å². The maximum Gasteiger partial charge on any atom is 0.0619 e. The number of aromatic nitrogens is 1. The molecule has 0 bridgehead atoms. The molecule has 1 nitrogen and oxygen atoms in total. The highest BCUT2D eigenvalue weighted by Gasteiger charge is 2.19. The standard InChI is InChI=1S/C48H33N/c1-6-16-34(17-7-1)39-28-40(35-18-8-2-9-19-35)30-41(29-39)38-26-27-47-45(31-38)46-33-42(36-20-10-3-11-21-36)32-44(37-22-12-4-13-23-37)48(46)49(47)43-24-14-5-15-25-43/h1-33H. The van der Waals surface area contributed by atoms with E-state index in [1.807, 2.05) is 0 Å². The lowest BCUT2D eigenvalue weighted by atomic mass is 9.92. The number of benzene rings is 8. The fraction of sp³-hybridized carbons (Fsp3) is 0. The smallest absolute Gasteiger partial charge is 0.0619 e. The zero-order chi connectivity index (χ0) is 32.6. The SMILES string of the molecule is c1ccc(-c2cc(-c3ccccc3)cc(-c3ccc4c(c3)c3cc(-c5ccccc5)cc(-c5ccccc5)c3n4-c3ccccc3)c2)cc1. The topological polar surface area (TPSA) is 4.93 Å². The number of hydrogen-bond acceptors (Lipinski definition) is 0. The van der Waals surface area contributed by atoms with Crippen molar-refractivity contribution in [2.75, 3.05) is 0 Å². The lowest BCUT2D eigenvalue weighted by Gasteiger charge is -2.14. The van der Waals surface area contributed by atoms with Crippen molar-refractivity contribution in [1.29, 1.82) is 0 Å². The molecule has 1 heteroatoms. The summed E-state index contributed by atoms with van der Waals surface area (Å²) in [5, 5.41) is 2.47. The van der Waals surface area contributed by atoms with Crippen molar-refractivity contribution in [3.05, 3.63) is 200 Å². The summed E-state index contributed by atoms with van der Waals surface area (Å²) >= 11 is 0. The molecule has 9 rings (SSSR count). The van der Waals surface area contributed by atoms with Crippen molar-refractivity contribution in [1.82, 2.24) is 4.57 Å². The van der Waals surface area contributed by atoms with Gasteiger partial charge in [-0.25, -0.2) is 0 Å². The highest BCUT2D eigenvalue weighted by Crippen LogP contribution is 2.43. The summed E-state index contributed by atoms with van der Waals surface area (Å²) in [6.07, 6.45) is 0. The molecule has 0 radical (unpaired) electrons. The summed E-state index contributed by atoms with van der Waals surface area (Å²) in [4.78, 5) is 0. The van der Waals surface area contributed by atoms with E-state index in [-0.39, 0.29) is 0 Å². The van der Waals surface area contributed by atoms with Gasteiger partial charge >= 0.3 is 0 Å². The van der Waals surface area contributed by atoms with E-state index in [2.05, 4.69) is 205 Å². The highest BCUT2D eigenvalue weighted by atomic mass is 15.0. The Labute approximate surface area is 287 Å². The van der Waals surface area contributed by atoms with E-state index in [1.165, 1.54) is 77.4 Å². The molecule has 0 unspecified atom stereocenters. The van der Waals surface area contributed by atoms with E-state index in [0.717, 1.165) is 5.69 Å². The summed E-state index contributed by atoms with van der Waals surface area (Å²) < 4.78 is 2.45. The molecule has 230 valence electrons. The lowest BCUT2D eigenvalue weighted by molar-refractivity contribution is 1.18. The highest BCUT2D eigenvalue weighted by molar-refractivity contribution is 6.16. The van der Waals surface area contributed by atoms with Crippen molar-refractivity contribution in [3.63, 3.8) is 0 Å². The first-order chi connectivity index (χ1) is 24.3. The zero-order valence-electron chi connectivity index (χ0n) is 27.0. The molecular formula is C48H33N. The van der Waals surface area contributed by atoms with Crippen LogP contribution in [0.1, 0.15) is 0 Å². The molecule has 0 saturated carbocycles. The molecule has 0 atom stereocenters. The first kappa shape index (κ1) is 28.8. The first-order valence-corrected chi connectivity index (χ1v) is 16.8. The number of hydrogen-bond donors (Lipinski definition) is 0. The minimum atomic E-state index is 1.15. The molecule has 9 aromatic rings. The monoisotopic (exact) mass is 623 g/mol. The molecule has 1 aromatic heterocycles. The molecule has 0 saturated heterocycles. The summed E-state index contributed by atoms with van der Waals surface area (Å²) in [5.74, 6) is 0.